The Labute approximate surface area is 119 Å². The molecule has 0 radical (unpaired) electrons. The van der Waals surface area contributed by atoms with Gasteiger partial charge in [-0.1, -0.05) is 18.2 Å². The number of benzene rings is 1. The third-order valence-corrected chi connectivity index (χ3v) is 3.69. The highest BCUT2D eigenvalue weighted by molar-refractivity contribution is 7.09. The van der Waals surface area contributed by atoms with Gasteiger partial charge in [-0.15, -0.1) is 11.3 Å². The van der Waals surface area contributed by atoms with Crippen LogP contribution in [0.15, 0.2) is 41.8 Å². The Morgan fingerprint density at radius 1 is 1.16 bits per heavy atom. The Hall–Kier alpha value is -1.32. The second kappa shape index (κ2) is 7.31. The third kappa shape index (κ3) is 5.05. The highest BCUT2D eigenvalue weighted by Crippen LogP contribution is 2.13. The summed E-state index contributed by atoms with van der Waals surface area (Å²) in [5, 5.41) is 5.59. The van der Waals surface area contributed by atoms with Gasteiger partial charge in [0.05, 0.1) is 6.10 Å². The first-order valence-corrected chi connectivity index (χ1v) is 7.60. The largest absolute Gasteiger partial charge is 0.491 e. The molecule has 0 amide bonds. The van der Waals surface area contributed by atoms with Crippen molar-refractivity contribution in [2.45, 2.75) is 32.9 Å². The van der Waals surface area contributed by atoms with Gasteiger partial charge in [0.1, 0.15) is 5.75 Å². The van der Waals surface area contributed by atoms with E-state index < -0.39 is 0 Å². The van der Waals surface area contributed by atoms with E-state index in [4.69, 9.17) is 4.74 Å². The summed E-state index contributed by atoms with van der Waals surface area (Å²) in [4.78, 5) is 1.44. The van der Waals surface area contributed by atoms with Crippen LogP contribution in [0.25, 0.3) is 0 Å². The molecular formula is C16H21NOS. The molecule has 1 heterocycles. The number of ether oxygens (including phenoxy) is 1. The predicted octanol–water partition coefficient (Wildman–Crippen LogP) is 3.87. The minimum absolute atomic E-state index is 0.231. The fraction of sp³-hybridized carbons (Fsp3) is 0.375. The minimum Gasteiger partial charge on any atom is -0.491 e. The van der Waals surface area contributed by atoms with Gasteiger partial charge in [-0.25, -0.2) is 0 Å². The van der Waals surface area contributed by atoms with E-state index in [1.807, 2.05) is 37.3 Å². The zero-order valence-electron chi connectivity index (χ0n) is 11.6. The molecule has 2 rings (SSSR count). The lowest BCUT2D eigenvalue weighted by atomic mass is 10.2. The average Bonchev–Trinajstić information content (AvgIpc) is 2.89. The number of rotatable bonds is 7. The Morgan fingerprint density at radius 3 is 2.58 bits per heavy atom. The van der Waals surface area contributed by atoms with Crippen LogP contribution in [-0.2, 0) is 13.0 Å². The first-order valence-electron chi connectivity index (χ1n) is 6.73. The molecule has 0 unspecified atom stereocenters. The maximum absolute atomic E-state index is 5.62. The van der Waals surface area contributed by atoms with Crippen molar-refractivity contribution in [2.75, 3.05) is 6.54 Å². The Morgan fingerprint density at radius 2 is 1.95 bits per heavy atom. The number of thiophene rings is 1. The molecule has 0 aliphatic heterocycles. The van der Waals surface area contributed by atoms with E-state index in [1.165, 1.54) is 10.4 Å². The lowest BCUT2D eigenvalue weighted by Crippen LogP contribution is -2.16. The van der Waals surface area contributed by atoms with Crippen LogP contribution < -0.4 is 10.1 Å². The minimum atomic E-state index is 0.231. The molecule has 19 heavy (non-hydrogen) atoms. The summed E-state index contributed by atoms with van der Waals surface area (Å²) in [7, 11) is 0. The molecule has 0 fully saturated rings. The molecule has 2 nitrogen and oxygen atoms in total. The fourth-order valence-corrected chi connectivity index (χ4v) is 2.57. The second-order valence-electron chi connectivity index (χ2n) is 4.82. The van der Waals surface area contributed by atoms with Crippen molar-refractivity contribution in [3.05, 3.63) is 52.2 Å². The normalized spacial score (nSPS) is 10.9. The van der Waals surface area contributed by atoms with E-state index in [9.17, 15) is 0 Å². The van der Waals surface area contributed by atoms with Gasteiger partial charge in [0, 0.05) is 18.0 Å². The SMILES string of the molecule is CC(C)Oc1ccc(CNCCc2cccs2)cc1. The van der Waals surface area contributed by atoms with Gasteiger partial charge in [0.25, 0.3) is 0 Å². The van der Waals surface area contributed by atoms with Crippen LogP contribution in [-0.4, -0.2) is 12.6 Å². The molecule has 0 atom stereocenters. The highest BCUT2D eigenvalue weighted by atomic mass is 32.1. The maximum Gasteiger partial charge on any atom is 0.119 e. The maximum atomic E-state index is 5.62. The van der Waals surface area contributed by atoms with E-state index in [0.29, 0.717) is 0 Å². The van der Waals surface area contributed by atoms with Gasteiger partial charge in [-0.3, -0.25) is 0 Å². The molecule has 0 saturated heterocycles. The van der Waals surface area contributed by atoms with Crippen molar-refractivity contribution in [2.24, 2.45) is 0 Å². The Balaban J connectivity index is 1.71. The molecule has 1 aromatic heterocycles. The van der Waals surface area contributed by atoms with Gasteiger partial charge >= 0.3 is 0 Å². The molecule has 0 aliphatic carbocycles. The van der Waals surface area contributed by atoms with Crippen LogP contribution in [0.3, 0.4) is 0 Å². The van der Waals surface area contributed by atoms with Gasteiger partial charge < -0.3 is 10.1 Å². The van der Waals surface area contributed by atoms with Gasteiger partial charge in [0.2, 0.25) is 0 Å². The van der Waals surface area contributed by atoms with E-state index in [2.05, 4.69) is 35.0 Å². The lowest BCUT2D eigenvalue weighted by Gasteiger charge is -2.10. The van der Waals surface area contributed by atoms with Crippen molar-refractivity contribution >= 4 is 11.3 Å². The summed E-state index contributed by atoms with van der Waals surface area (Å²) in [6.45, 7) is 6.01. The smallest absolute Gasteiger partial charge is 0.119 e. The molecule has 0 bridgehead atoms. The lowest BCUT2D eigenvalue weighted by molar-refractivity contribution is 0.242. The fourth-order valence-electron chi connectivity index (χ4n) is 1.86. The van der Waals surface area contributed by atoms with Crippen LogP contribution in [0.4, 0.5) is 0 Å². The van der Waals surface area contributed by atoms with E-state index in [0.717, 1.165) is 25.3 Å². The third-order valence-electron chi connectivity index (χ3n) is 2.75. The molecular weight excluding hydrogens is 254 g/mol. The van der Waals surface area contributed by atoms with Crippen molar-refractivity contribution in [3.8, 4) is 5.75 Å². The summed E-state index contributed by atoms with van der Waals surface area (Å²) in [5.41, 5.74) is 1.29. The Kier molecular flexibility index (Phi) is 5.43. The van der Waals surface area contributed by atoms with Crippen molar-refractivity contribution < 1.29 is 4.74 Å². The first kappa shape index (κ1) is 14.1. The summed E-state index contributed by atoms with van der Waals surface area (Å²) >= 11 is 1.82. The van der Waals surface area contributed by atoms with Crippen LogP contribution in [0.1, 0.15) is 24.3 Å². The van der Waals surface area contributed by atoms with Crippen LogP contribution >= 0.6 is 11.3 Å². The Bertz CT molecular complexity index is 462. The van der Waals surface area contributed by atoms with Gasteiger partial charge in [0.15, 0.2) is 0 Å². The molecule has 1 aromatic carbocycles. The second-order valence-corrected chi connectivity index (χ2v) is 5.85. The molecule has 0 aliphatic rings. The average molecular weight is 275 g/mol. The molecule has 3 heteroatoms. The number of hydrogen-bond donors (Lipinski definition) is 1. The molecule has 0 saturated carbocycles. The van der Waals surface area contributed by atoms with E-state index >= 15 is 0 Å². The van der Waals surface area contributed by atoms with Crippen molar-refractivity contribution in [3.63, 3.8) is 0 Å². The summed E-state index contributed by atoms with van der Waals surface area (Å²) in [6.07, 6.45) is 1.33. The highest BCUT2D eigenvalue weighted by Gasteiger charge is 1.98. The summed E-state index contributed by atoms with van der Waals surface area (Å²) in [6, 6.07) is 12.6. The molecule has 0 spiro atoms. The number of nitrogens with one attached hydrogen (secondary N) is 1. The van der Waals surface area contributed by atoms with Crippen molar-refractivity contribution in [1.82, 2.24) is 5.32 Å². The first-order chi connectivity index (χ1) is 9.24. The zero-order chi connectivity index (χ0) is 13.5. The van der Waals surface area contributed by atoms with E-state index in [1.54, 1.807) is 0 Å². The quantitative estimate of drug-likeness (QED) is 0.775. The monoisotopic (exact) mass is 275 g/mol. The predicted molar refractivity (Wildman–Crippen MR) is 81.9 cm³/mol. The van der Waals surface area contributed by atoms with Crippen LogP contribution in [0.2, 0.25) is 0 Å². The van der Waals surface area contributed by atoms with Crippen LogP contribution in [0.5, 0.6) is 5.75 Å². The molecule has 102 valence electrons. The van der Waals surface area contributed by atoms with Gasteiger partial charge in [-0.05, 0) is 49.4 Å². The van der Waals surface area contributed by atoms with Gasteiger partial charge in [-0.2, -0.15) is 0 Å². The standard InChI is InChI=1S/C16H21NOS/c1-13(2)18-15-7-5-14(6-8-15)12-17-10-9-16-4-3-11-19-16/h3-8,11,13,17H,9-10,12H2,1-2H3. The summed E-state index contributed by atoms with van der Waals surface area (Å²) in [5.74, 6) is 0.942. The summed E-state index contributed by atoms with van der Waals surface area (Å²) < 4.78 is 5.62. The number of hydrogen-bond acceptors (Lipinski definition) is 3. The zero-order valence-corrected chi connectivity index (χ0v) is 12.4. The molecule has 2 aromatic rings. The topological polar surface area (TPSA) is 21.3 Å². The van der Waals surface area contributed by atoms with Crippen LogP contribution in [0, 0.1) is 0 Å². The van der Waals surface area contributed by atoms with Crippen molar-refractivity contribution in [1.29, 1.82) is 0 Å². The molecule has 1 N–H and O–H groups in total. The van der Waals surface area contributed by atoms with E-state index in [-0.39, 0.29) is 6.10 Å².